The lowest BCUT2D eigenvalue weighted by Gasteiger charge is -2.29. The molecule has 19 heavy (non-hydrogen) atoms. The minimum atomic E-state index is -1.12. The standard InChI is InChI=1S/C12H19N3O4/c16-9-3-7-15(8-6-13-9)11(19)14-12(10(17)18)4-1-2-5-12/h1-8H2,(H,13,16)(H,14,19)(H,17,18). The van der Waals surface area contributed by atoms with E-state index in [-0.39, 0.29) is 18.4 Å². The maximum absolute atomic E-state index is 12.1. The number of hydrogen-bond donors (Lipinski definition) is 3. The fourth-order valence-corrected chi connectivity index (χ4v) is 2.62. The first-order valence-electron chi connectivity index (χ1n) is 6.61. The second kappa shape index (κ2) is 5.46. The highest BCUT2D eigenvalue weighted by Crippen LogP contribution is 2.30. The number of carbonyl (C=O) groups excluding carboxylic acids is 2. The van der Waals surface area contributed by atoms with Crippen molar-refractivity contribution in [2.24, 2.45) is 0 Å². The Kier molecular flexibility index (Phi) is 3.92. The molecule has 0 radical (unpaired) electrons. The quantitative estimate of drug-likeness (QED) is 0.652. The largest absolute Gasteiger partial charge is 0.480 e. The fraction of sp³-hybridized carbons (Fsp3) is 0.750. The summed E-state index contributed by atoms with van der Waals surface area (Å²) < 4.78 is 0. The molecule has 1 saturated heterocycles. The van der Waals surface area contributed by atoms with Crippen LogP contribution in [0.25, 0.3) is 0 Å². The number of rotatable bonds is 2. The molecule has 7 heteroatoms. The molecule has 2 fully saturated rings. The van der Waals surface area contributed by atoms with E-state index in [4.69, 9.17) is 0 Å². The van der Waals surface area contributed by atoms with Gasteiger partial charge in [-0.25, -0.2) is 9.59 Å². The van der Waals surface area contributed by atoms with Crippen molar-refractivity contribution in [1.29, 1.82) is 0 Å². The van der Waals surface area contributed by atoms with Gasteiger partial charge in [-0.2, -0.15) is 0 Å². The zero-order chi connectivity index (χ0) is 13.9. The van der Waals surface area contributed by atoms with Crippen molar-refractivity contribution in [1.82, 2.24) is 15.5 Å². The van der Waals surface area contributed by atoms with E-state index in [0.29, 0.717) is 32.5 Å². The summed E-state index contributed by atoms with van der Waals surface area (Å²) >= 11 is 0. The summed E-state index contributed by atoms with van der Waals surface area (Å²) in [6.07, 6.45) is 2.82. The summed E-state index contributed by atoms with van der Waals surface area (Å²) in [5.74, 6) is -1.05. The van der Waals surface area contributed by atoms with E-state index in [1.54, 1.807) is 0 Å². The molecule has 0 aromatic carbocycles. The summed E-state index contributed by atoms with van der Waals surface area (Å²) in [6, 6.07) is -0.388. The van der Waals surface area contributed by atoms with E-state index in [9.17, 15) is 19.5 Å². The lowest BCUT2D eigenvalue weighted by atomic mass is 9.98. The van der Waals surface area contributed by atoms with Gasteiger partial charge in [0.15, 0.2) is 0 Å². The summed E-state index contributed by atoms with van der Waals surface area (Å²) in [6.45, 7) is 1.15. The fourth-order valence-electron chi connectivity index (χ4n) is 2.62. The smallest absolute Gasteiger partial charge is 0.329 e. The van der Waals surface area contributed by atoms with Crippen molar-refractivity contribution in [3.8, 4) is 0 Å². The van der Waals surface area contributed by atoms with E-state index in [2.05, 4.69) is 10.6 Å². The number of aliphatic carboxylic acids is 1. The number of nitrogens with zero attached hydrogens (tertiary/aromatic N) is 1. The van der Waals surface area contributed by atoms with Crippen LogP contribution in [0.1, 0.15) is 32.1 Å². The normalized spacial score (nSPS) is 22.5. The molecule has 1 saturated carbocycles. The molecule has 0 atom stereocenters. The average molecular weight is 269 g/mol. The molecule has 0 spiro atoms. The Hall–Kier alpha value is -1.79. The van der Waals surface area contributed by atoms with Crippen LogP contribution in [0.5, 0.6) is 0 Å². The number of carboxylic acids is 1. The van der Waals surface area contributed by atoms with Gasteiger partial charge in [0.25, 0.3) is 0 Å². The summed E-state index contributed by atoms with van der Waals surface area (Å²) in [5, 5.41) is 14.6. The lowest BCUT2D eigenvalue weighted by Crippen LogP contribution is -2.56. The third-order valence-electron chi connectivity index (χ3n) is 3.81. The van der Waals surface area contributed by atoms with Crippen LogP contribution in [0.4, 0.5) is 4.79 Å². The molecule has 2 aliphatic rings. The number of amides is 3. The monoisotopic (exact) mass is 269 g/mol. The van der Waals surface area contributed by atoms with Gasteiger partial charge in [0.2, 0.25) is 5.91 Å². The highest BCUT2D eigenvalue weighted by molar-refractivity contribution is 5.87. The Bertz CT molecular complexity index is 390. The van der Waals surface area contributed by atoms with Gasteiger partial charge >= 0.3 is 12.0 Å². The molecule has 0 unspecified atom stereocenters. The second-order valence-electron chi connectivity index (χ2n) is 5.11. The molecule has 3 amide bonds. The minimum Gasteiger partial charge on any atom is -0.480 e. The number of carboxylic acid groups (broad SMARTS) is 1. The zero-order valence-corrected chi connectivity index (χ0v) is 10.8. The van der Waals surface area contributed by atoms with Gasteiger partial charge in [0.05, 0.1) is 0 Å². The van der Waals surface area contributed by atoms with E-state index in [1.807, 2.05) is 0 Å². The third-order valence-corrected chi connectivity index (χ3v) is 3.81. The summed E-state index contributed by atoms with van der Waals surface area (Å²) in [4.78, 5) is 36.2. The maximum Gasteiger partial charge on any atom is 0.329 e. The SMILES string of the molecule is O=C1CCN(C(=O)NC2(C(=O)O)CCCC2)CCN1. The van der Waals surface area contributed by atoms with Crippen molar-refractivity contribution >= 4 is 17.9 Å². The van der Waals surface area contributed by atoms with Crippen LogP contribution in [0, 0.1) is 0 Å². The molecule has 0 aromatic heterocycles. The molecule has 1 heterocycles. The van der Waals surface area contributed by atoms with Crippen LogP contribution in [0.2, 0.25) is 0 Å². The molecule has 106 valence electrons. The van der Waals surface area contributed by atoms with Gasteiger partial charge in [-0.05, 0) is 12.8 Å². The Balaban J connectivity index is 1.99. The first kappa shape index (κ1) is 13.6. The van der Waals surface area contributed by atoms with Gasteiger partial charge in [-0.3, -0.25) is 4.79 Å². The van der Waals surface area contributed by atoms with Gasteiger partial charge in [0.1, 0.15) is 5.54 Å². The molecule has 2 rings (SSSR count). The Morgan fingerprint density at radius 2 is 1.95 bits per heavy atom. The van der Waals surface area contributed by atoms with Crippen LogP contribution >= 0.6 is 0 Å². The van der Waals surface area contributed by atoms with Crippen molar-refractivity contribution in [2.75, 3.05) is 19.6 Å². The molecular formula is C12H19N3O4. The predicted molar refractivity (Wildman–Crippen MR) is 66.6 cm³/mol. The highest BCUT2D eigenvalue weighted by Gasteiger charge is 2.43. The van der Waals surface area contributed by atoms with Crippen LogP contribution in [-0.2, 0) is 9.59 Å². The Morgan fingerprint density at radius 3 is 2.58 bits per heavy atom. The predicted octanol–water partition coefficient (Wildman–Crippen LogP) is -0.0847. The van der Waals surface area contributed by atoms with E-state index in [1.165, 1.54) is 4.90 Å². The molecule has 7 nitrogen and oxygen atoms in total. The van der Waals surface area contributed by atoms with Crippen molar-refractivity contribution < 1.29 is 19.5 Å². The summed E-state index contributed by atoms with van der Waals surface area (Å²) in [5.41, 5.74) is -1.12. The first-order valence-corrected chi connectivity index (χ1v) is 6.61. The van der Waals surface area contributed by atoms with Crippen LogP contribution in [-0.4, -0.2) is 53.1 Å². The topological polar surface area (TPSA) is 98.7 Å². The van der Waals surface area contributed by atoms with Crippen molar-refractivity contribution in [2.45, 2.75) is 37.6 Å². The number of carbonyl (C=O) groups is 3. The molecule has 1 aliphatic heterocycles. The first-order chi connectivity index (χ1) is 9.03. The zero-order valence-electron chi connectivity index (χ0n) is 10.8. The van der Waals surface area contributed by atoms with E-state index in [0.717, 1.165) is 12.8 Å². The van der Waals surface area contributed by atoms with Crippen LogP contribution in [0.15, 0.2) is 0 Å². The summed E-state index contributed by atoms with van der Waals surface area (Å²) in [7, 11) is 0. The number of nitrogens with one attached hydrogen (secondary N) is 2. The van der Waals surface area contributed by atoms with Gasteiger partial charge in [-0.1, -0.05) is 12.8 Å². The number of hydrogen-bond acceptors (Lipinski definition) is 3. The van der Waals surface area contributed by atoms with Crippen molar-refractivity contribution in [3.63, 3.8) is 0 Å². The second-order valence-corrected chi connectivity index (χ2v) is 5.11. The van der Waals surface area contributed by atoms with Crippen molar-refractivity contribution in [3.05, 3.63) is 0 Å². The molecule has 0 aromatic rings. The Morgan fingerprint density at radius 1 is 1.26 bits per heavy atom. The molecule has 0 bridgehead atoms. The third kappa shape index (κ3) is 2.97. The van der Waals surface area contributed by atoms with Gasteiger partial charge in [-0.15, -0.1) is 0 Å². The van der Waals surface area contributed by atoms with E-state index < -0.39 is 11.5 Å². The average Bonchev–Trinajstić information content (AvgIpc) is 2.72. The Labute approximate surface area is 111 Å². The lowest BCUT2D eigenvalue weighted by molar-refractivity contribution is -0.144. The molecule has 3 N–H and O–H groups in total. The van der Waals surface area contributed by atoms with E-state index >= 15 is 0 Å². The number of urea groups is 1. The van der Waals surface area contributed by atoms with Crippen LogP contribution < -0.4 is 10.6 Å². The van der Waals surface area contributed by atoms with Gasteiger partial charge < -0.3 is 20.6 Å². The highest BCUT2D eigenvalue weighted by atomic mass is 16.4. The molecular weight excluding hydrogens is 250 g/mol. The maximum atomic E-state index is 12.1. The van der Waals surface area contributed by atoms with Gasteiger partial charge in [0, 0.05) is 26.1 Å². The van der Waals surface area contributed by atoms with Crippen LogP contribution in [0.3, 0.4) is 0 Å². The minimum absolute atomic E-state index is 0.0795. The molecule has 1 aliphatic carbocycles.